The summed E-state index contributed by atoms with van der Waals surface area (Å²) in [5, 5.41) is 2.73. The second-order valence-electron chi connectivity index (χ2n) is 3.40. The van der Waals surface area contributed by atoms with Gasteiger partial charge in [-0.05, 0) is 19.1 Å². The fourth-order valence-electron chi connectivity index (χ4n) is 1.27. The summed E-state index contributed by atoms with van der Waals surface area (Å²) in [4.78, 5) is 11.8. The molecule has 0 aromatic heterocycles. The molecule has 0 saturated carbocycles. The molecule has 16 heavy (non-hydrogen) atoms. The van der Waals surface area contributed by atoms with E-state index in [4.69, 9.17) is 4.74 Å². The smallest absolute Gasteiger partial charge is 0.255 e. The molecule has 3 nitrogen and oxygen atoms in total. The van der Waals surface area contributed by atoms with E-state index in [2.05, 4.69) is 27.8 Å². The molecular formula is C12H14BrNO2. The van der Waals surface area contributed by atoms with Gasteiger partial charge in [-0.15, -0.1) is 0 Å². The van der Waals surface area contributed by atoms with Crippen LogP contribution in [0.2, 0.25) is 0 Å². The number of hydrogen-bond donors (Lipinski definition) is 1. The highest BCUT2D eigenvalue weighted by atomic mass is 79.9. The zero-order valence-electron chi connectivity index (χ0n) is 9.34. The standard InChI is InChI=1S/C12H14BrNO2/c1-8-4-5-11(16-3)10(6-8)12(15)14-7-9(2)13/h4-6H,2,7H2,1,3H3,(H,14,15). The van der Waals surface area contributed by atoms with Crippen molar-refractivity contribution in [3.8, 4) is 5.75 Å². The summed E-state index contributed by atoms with van der Waals surface area (Å²) in [7, 11) is 1.55. The first-order valence-corrected chi connectivity index (χ1v) is 5.60. The van der Waals surface area contributed by atoms with Gasteiger partial charge in [0.2, 0.25) is 0 Å². The van der Waals surface area contributed by atoms with Gasteiger partial charge in [-0.2, -0.15) is 0 Å². The van der Waals surface area contributed by atoms with Crippen molar-refractivity contribution in [3.05, 3.63) is 40.4 Å². The van der Waals surface area contributed by atoms with Gasteiger partial charge in [0.25, 0.3) is 5.91 Å². The van der Waals surface area contributed by atoms with Crippen LogP contribution in [0.4, 0.5) is 0 Å². The van der Waals surface area contributed by atoms with Crippen LogP contribution in [0, 0.1) is 6.92 Å². The van der Waals surface area contributed by atoms with E-state index in [1.807, 2.05) is 13.0 Å². The average Bonchev–Trinajstić information content (AvgIpc) is 2.25. The van der Waals surface area contributed by atoms with Crippen LogP contribution in [0.15, 0.2) is 29.3 Å². The molecule has 0 fully saturated rings. The van der Waals surface area contributed by atoms with Crippen molar-refractivity contribution in [2.75, 3.05) is 13.7 Å². The number of nitrogens with one attached hydrogen (secondary N) is 1. The van der Waals surface area contributed by atoms with Gasteiger partial charge >= 0.3 is 0 Å². The van der Waals surface area contributed by atoms with E-state index in [1.54, 1.807) is 19.2 Å². The molecular weight excluding hydrogens is 270 g/mol. The lowest BCUT2D eigenvalue weighted by Crippen LogP contribution is -2.24. The minimum Gasteiger partial charge on any atom is -0.496 e. The second kappa shape index (κ2) is 5.70. The van der Waals surface area contributed by atoms with Crippen LogP contribution >= 0.6 is 15.9 Å². The topological polar surface area (TPSA) is 38.3 Å². The number of carbonyl (C=O) groups excluding carboxylic acids is 1. The maximum absolute atomic E-state index is 11.8. The second-order valence-corrected chi connectivity index (χ2v) is 4.53. The molecule has 0 aliphatic rings. The molecule has 1 aromatic rings. The van der Waals surface area contributed by atoms with Gasteiger partial charge in [-0.25, -0.2) is 0 Å². The molecule has 4 heteroatoms. The minimum atomic E-state index is -0.166. The van der Waals surface area contributed by atoms with Crippen molar-refractivity contribution < 1.29 is 9.53 Å². The van der Waals surface area contributed by atoms with E-state index in [0.29, 0.717) is 17.9 Å². The Morgan fingerprint density at radius 3 is 2.81 bits per heavy atom. The first-order chi connectivity index (χ1) is 7.54. The Morgan fingerprint density at radius 2 is 2.25 bits per heavy atom. The van der Waals surface area contributed by atoms with E-state index in [1.165, 1.54) is 0 Å². The van der Waals surface area contributed by atoms with Crippen molar-refractivity contribution in [2.24, 2.45) is 0 Å². The highest BCUT2D eigenvalue weighted by Gasteiger charge is 2.11. The third-order valence-corrected chi connectivity index (χ3v) is 2.32. The van der Waals surface area contributed by atoms with Gasteiger partial charge in [0, 0.05) is 11.0 Å². The predicted octanol–water partition coefficient (Wildman–Crippen LogP) is 2.64. The van der Waals surface area contributed by atoms with E-state index < -0.39 is 0 Å². The van der Waals surface area contributed by atoms with Gasteiger partial charge < -0.3 is 10.1 Å². The number of benzene rings is 1. The molecule has 0 heterocycles. The fourth-order valence-corrected chi connectivity index (χ4v) is 1.41. The minimum absolute atomic E-state index is 0.166. The molecule has 0 saturated heterocycles. The van der Waals surface area contributed by atoms with E-state index in [9.17, 15) is 4.79 Å². The van der Waals surface area contributed by atoms with Gasteiger partial charge in [0.1, 0.15) is 5.75 Å². The van der Waals surface area contributed by atoms with E-state index in [-0.39, 0.29) is 5.91 Å². The number of methoxy groups -OCH3 is 1. The molecule has 0 bridgehead atoms. The van der Waals surface area contributed by atoms with Crippen molar-refractivity contribution in [2.45, 2.75) is 6.92 Å². The fraction of sp³-hybridized carbons (Fsp3) is 0.250. The van der Waals surface area contributed by atoms with Crippen molar-refractivity contribution in [3.63, 3.8) is 0 Å². The molecule has 0 spiro atoms. The summed E-state index contributed by atoms with van der Waals surface area (Å²) in [5.41, 5.74) is 1.56. The maximum Gasteiger partial charge on any atom is 0.255 e. The zero-order valence-corrected chi connectivity index (χ0v) is 10.9. The van der Waals surface area contributed by atoms with Gasteiger partial charge in [-0.1, -0.05) is 34.1 Å². The molecule has 0 radical (unpaired) electrons. The van der Waals surface area contributed by atoms with Crippen LogP contribution in [0.5, 0.6) is 5.75 Å². The summed E-state index contributed by atoms with van der Waals surface area (Å²) in [5.74, 6) is 0.407. The molecule has 86 valence electrons. The first kappa shape index (κ1) is 12.8. The average molecular weight is 284 g/mol. The predicted molar refractivity (Wildman–Crippen MR) is 68.1 cm³/mol. The SMILES string of the molecule is C=C(Br)CNC(=O)c1cc(C)ccc1OC. The molecule has 0 aliphatic heterocycles. The molecule has 0 aliphatic carbocycles. The third kappa shape index (κ3) is 3.38. The summed E-state index contributed by atoms with van der Waals surface area (Å²) in [6.45, 7) is 5.98. The molecule has 1 amide bonds. The lowest BCUT2D eigenvalue weighted by atomic mass is 10.1. The number of halogens is 1. The number of amides is 1. The molecule has 1 N–H and O–H groups in total. The summed E-state index contributed by atoms with van der Waals surface area (Å²) in [6, 6.07) is 5.48. The van der Waals surface area contributed by atoms with Crippen LogP contribution in [0.1, 0.15) is 15.9 Å². The third-order valence-electron chi connectivity index (χ3n) is 2.04. The van der Waals surface area contributed by atoms with Crippen LogP contribution in [0.3, 0.4) is 0 Å². The Kier molecular flexibility index (Phi) is 4.55. The van der Waals surface area contributed by atoms with Crippen LogP contribution in [-0.4, -0.2) is 19.6 Å². The van der Waals surface area contributed by atoms with Crippen LogP contribution < -0.4 is 10.1 Å². The van der Waals surface area contributed by atoms with Gasteiger partial charge in [0.05, 0.1) is 12.7 Å². The number of ether oxygens (including phenoxy) is 1. The monoisotopic (exact) mass is 283 g/mol. The summed E-state index contributed by atoms with van der Waals surface area (Å²) >= 11 is 3.19. The first-order valence-electron chi connectivity index (χ1n) is 4.80. The van der Waals surface area contributed by atoms with Gasteiger partial charge in [0.15, 0.2) is 0 Å². The van der Waals surface area contributed by atoms with E-state index >= 15 is 0 Å². The lowest BCUT2D eigenvalue weighted by molar-refractivity contribution is 0.0954. The highest BCUT2D eigenvalue weighted by Crippen LogP contribution is 2.19. The lowest BCUT2D eigenvalue weighted by Gasteiger charge is -2.09. The summed E-state index contributed by atoms with van der Waals surface area (Å²) in [6.07, 6.45) is 0. The number of rotatable bonds is 4. The zero-order chi connectivity index (χ0) is 12.1. The van der Waals surface area contributed by atoms with E-state index in [0.717, 1.165) is 10.0 Å². The van der Waals surface area contributed by atoms with Crippen molar-refractivity contribution >= 4 is 21.8 Å². The summed E-state index contributed by atoms with van der Waals surface area (Å²) < 4.78 is 5.86. The van der Waals surface area contributed by atoms with Gasteiger partial charge in [-0.3, -0.25) is 4.79 Å². The molecule has 0 atom stereocenters. The number of aryl methyl sites for hydroxylation is 1. The Balaban J connectivity index is 2.88. The normalized spacial score (nSPS) is 9.69. The van der Waals surface area contributed by atoms with Crippen LogP contribution in [-0.2, 0) is 0 Å². The maximum atomic E-state index is 11.8. The Labute approximate surface area is 104 Å². The number of hydrogen-bond acceptors (Lipinski definition) is 2. The quantitative estimate of drug-likeness (QED) is 0.923. The van der Waals surface area contributed by atoms with Crippen molar-refractivity contribution in [1.29, 1.82) is 0 Å². The van der Waals surface area contributed by atoms with Crippen LogP contribution in [0.25, 0.3) is 0 Å². The Hall–Kier alpha value is -1.29. The highest BCUT2D eigenvalue weighted by molar-refractivity contribution is 9.11. The Morgan fingerprint density at radius 1 is 1.56 bits per heavy atom. The molecule has 0 unspecified atom stereocenters. The molecule has 1 rings (SSSR count). The largest absolute Gasteiger partial charge is 0.496 e. The van der Waals surface area contributed by atoms with Crippen molar-refractivity contribution in [1.82, 2.24) is 5.32 Å². The Bertz CT molecular complexity index is 415. The molecule has 1 aromatic carbocycles. The number of carbonyl (C=O) groups is 1.